The second-order valence-electron chi connectivity index (χ2n) is 12.1. The van der Waals surface area contributed by atoms with Crippen LogP contribution in [-0.4, -0.2) is 89.4 Å². The number of carboxylic acid groups (broad SMARTS) is 2. The predicted octanol–water partition coefficient (Wildman–Crippen LogP) is 3.47. The van der Waals surface area contributed by atoms with Crippen molar-refractivity contribution >= 4 is 22.8 Å². The molecule has 0 amide bonds. The molecule has 12 heteroatoms. The van der Waals surface area contributed by atoms with Crippen LogP contribution in [-0.2, 0) is 15.1 Å². The van der Waals surface area contributed by atoms with E-state index in [0.717, 1.165) is 66.0 Å². The molecule has 2 aromatic heterocycles. The molecule has 1 aliphatic heterocycles. The average Bonchev–Trinajstić information content (AvgIpc) is 3.45. The molecule has 1 saturated heterocycles. The van der Waals surface area contributed by atoms with E-state index in [4.69, 9.17) is 19.8 Å². The summed E-state index contributed by atoms with van der Waals surface area (Å²) in [7, 11) is 0. The van der Waals surface area contributed by atoms with Crippen LogP contribution < -0.4 is 5.56 Å². The zero-order chi connectivity index (χ0) is 30.6. The van der Waals surface area contributed by atoms with Crippen LogP contribution in [0.2, 0.25) is 0 Å². The Labute approximate surface area is 245 Å². The number of carbonyl (C=O) groups is 2. The van der Waals surface area contributed by atoms with E-state index in [-0.39, 0.29) is 17.1 Å². The monoisotopic (exact) mass is 581 g/mol. The summed E-state index contributed by atoms with van der Waals surface area (Å²) in [5.41, 5.74) is 3.61. The number of hydrogen-bond donors (Lipinski definition) is 3. The van der Waals surface area contributed by atoms with Crippen molar-refractivity contribution in [3.63, 3.8) is 0 Å². The van der Waals surface area contributed by atoms with E-state index in [2.05, 4.69) is 83.1 Å². The Morgan fingerprint density at radius 3 is 2.26 bits per heavy atom. The normalized spacial score (nSPS) is 17.9. The van der Waals surface area contributed by atoms with E-state index in [9.17, 15) is 4.79 Å². The van der Waals surface area contributed by atoms with Gasteiger partial charge in [-0.05, 0) is 80.6 Å². The van der Waals surface area contributed by atoms with E-state index in [1.165, 1.54) is 32.1 Å². The molecule has 0 radical (unpaired) electrons. The van der Waals surface area contributed by atoms with Crippen molar-refractivity contribution in [3.8, 4) is 0 Å². The largest absolute Gasteiger partial charge is 0.473 e. The summed E-state index contributed by atoms with van der Waals surface area (Å²) in [6.07, 6.45) is 7.59. The number of nitrogens with zero attached hydrogens (tertiary/aromatic N) is 6. The first-order valence-electron chi connectivity index (χ1n) is 14.8. The molecule has 2 fully saturated rings. The van der Waals surface area contributed by atoms with Gasteiger partial charge in [0.15, 0.2) is 5.82 Å². The van der Waals surface area contributed by atoms with Gasteiger partial charge in [-0.15, -0.1) is 5.10 Å². The zero-order valence-electron chi connectivity index (χ0n) is 25.3. The van der Waals surface area contributed by atoms with Crippen molar-refractivity contribution in [2.75, 3.05) is 26.2 Å². The Bertz CT molecular complexity index is 1450. The first kappa shape index (κ1) is 31.3. The van der Waals surface area contributed by atoms with Gasteiger partial charge in [-0.3, -0.25) is 14.6 Å². The van der Waals surface area contributed by atoms with Gasteiger partial charge in [-0.2, -0.15) is 0 Å². The van der Waals surface area contributed by atoms with Crippen LogP contribution in [0.5, 0.6) is 0 Å². The molecule has 228 valence electrons. The number of fused-ring (bicyclic) bond motifs is 1. The van der Waals surface area contributed by atoms with E-state index in [0.29, 0.717) is 6.04 Å². The third kappa shape index (κ3) is 6.87. The highest BCUT2D eigenvalue weighted by atomic mass is 16.4. The third-order valence-corrected chi connectivity index (χ3v) is 8.80. The summed E-state index contributed by atoms with van der Waals surface area (Å²) in [4.78, 5) is 40.1. The number of nitrogens with one attached hydrogen (secondary N) is 1. The summed E-state index contributed by atoms with van der Waals surface area (Å²) in [6.45, 7) is 14.5. The Kier molecular flexibility index (Phi) is 9.78. The van der Waals surface area contributed by atoms with Crippen molar-refractivity contribution in [2.45, 2.75) is 90.8 Å². The predicted molar refractivity (Wildman–Crippen MR) is 159 cm³/mol. The molecule has 0 bridgehead atoms. The Hall–Kier alpha value is -3.64. The lowest BCUT2D eigenvalue weighted by Gasteiger charge is -2.43. The SMILES string of the molecule is CCC(C)(C)n1nnnc1C(c1cc2c(C)cc(C)cc2[nH]c1=O)N1CCN(C2CCCCC2)CC1.O=C(O)C(=O)O. The number of piperazine rings is 1. The minimum Gasteiger partial charge on any atom is -0.473 e. The van der Waals surface area contributed by atoms with Crippen molar-refractivity contribution in [1.82, 2.24) is 35.0 Å². The van der Waals surface area contributed by atoms with Crippen molar-refractivity contribution < 1.29 is 19.8 Å². The van der Waals surface area contributed by atoms with Crippen LogP contribution >= 0.6 is 0 Å². The van der Waals surface area contributed by atoms with Crippen LogP contribution in [0.3, 0.4) is 0 Å². The molecular formula is C30H43N7O5. The second kappa shape index (κ2) is 13.1. The summed E-state index contributed by atoms with van der Waals surface area (Å²) >= 11 is 0. The van der Waals surface area contributed by atoms with Crippen LogP contribution in [0, 0.1) is 13.8 Å². The fourth-order valence-corrected chi connectivity index (χ4v) is 6.14. The van der Waals surface area contributed by atoms with Gasteiger partial charge in [-0.1, -0.05) is 32.3 Å². The van der Waals surface area contributed by atoms with E-state index in [1.807, 2.05) is 4.68 Å². The number of aryl methyl sites for hydroxylation is 2. The molecular weight excluding hydrogens is 538 g/mol. The average molecular weight is 582 g/mol. The van der Waals surface area contributed by atoms with Crippen molar-refractivity contribution in [2.24, 2.45) is 0 Å². The number of aliphatic carboxylic acids is 2. The summed E-state index contributed by atoms with van der Waals surface area (Å²) < 4.78 is 1.94. The topological polar surface area (TPSA) is 158 Å². The van der Waals surface area contributed by atoms with Crippen LogP contribution in [0.25, 0.3) is 10.9 Å². The molecule has 1 aliphatic carbocycles. The number of benzene rings is 1. The van der Waals surface area contributed by atoms with Gasteiger partial charge in [0.2, 0.25) is 0 Å². The first-order chi connectivity index (χ1) is 19.9. The van der Waals surface area contributed by atoms with Gasteiger partial charge >= 0.3 is 11.9 Å². The Morgan fingerprint density at radius 1 is 1.02 bits per heavy atom. The summed E-state index contributed by atoms with van der Waals surface area (Å²) in [6, 6.07) is 6.72. The molecule has 12 nitrogen and oxygen atoms in total. The maximum atomic E-state index is 13.6. The lowest BCUT2D eigenvalue weighted by Crippen LogP contribution is -2.52. The third-order valence-electron chi connectivity index (χ3n) is 8.80. The fourth-order valence-electron chi connectivity index (χ4n) is 6.14. The quantitative estimate of drug-likeness (QED) is 0.368. The molecule has 1 atom stereocenters. The summed E-state index contributed by atoms with van der Waals surface area (Å²) in [5, 5.41) is 28.9. The molecule has 1 saturated carbocycles. The number of aromatic amines is 1. The Morgan fingerprint density at radius 2 is 1.67 bits per heavy atom. The van der Waals surface area contributed by atoms with Crippen LogP contribution in [0.1, 0.15) is 87.9 Å². The van der Waals surface area contributed by atoms with Gasteiger partial charge in [0.25, 0.3) is 5.56 Å². The molecule has 5 rings (SSSR count). The lowest BCUT2D eigenvalue weighted by atomic mass is 9.93. The molecule has 1 aromatic carbocycles. The zero-order valence-corrected chi connectivity index (χ0v) is 25.3. The molecule has 42 heavy (non-hydrogen) atoms. The first-order valence-corrected chi connectivity index (χ1v) is 14.8. The molecule has 3 N–H and O–H groups in total. The standard InChI is InChI=1S/C28H41N7O.C2H2O4/c1-6-28(4,5)35-26(30-31-32-35)25(34-14-12-33(13-15-34)21-10-8-7-9-11-21)23-18-22-20(3)16-19(2)17-24(22)29-27(23)36;3-1(4)2(5)6/h16-18,21,25H,6-15H2,1-5H3,(H,29,36);(H,3,4)(H,5,6). The second-order valence-corrected chi connectivity index (χ2v) is 12.1. The number of hydrogen-bond acceptors (Lipinski definition) is 8. The number of aromatic nitrogens is 5. The minimum absolute atomic E-state index is 0.0592. The smallest absolute Gasteiger partial charge is 0.414 e. The van der Waals surface area contributed by atoms with E-state index >= 15 is 0 Å². The maximum absolute atomic E-state index is 13.6. The van der Waals surface area contributed by atoms with Crippen molar-refractivity contribution in [3.05, 3.63) is 51.1 Å². The van der Waals surface area contributed by atoms with Crippen LogP contribution in [0.15, 0.2) is 23.0 Å². The minimum atomic E-state index is -1.82. The molecule has 2 aliphatic rings. The number of tetrazole rings is 1. The van der Waals surface area contributed by atoms with E-state index in [1.54, 1.807) is 0 Å². The van der Waals surface area contributed by atoms with Gasteiger partial charge in [0, 0.05) is 48.7 Å². The number of pyridine rings is 1. The number of rotatable bonds is 6. The highest BCUT2D eigenvalue weighted by Gasteiger charge is 2.36. The highest BCUT2D eigenvalue weighted by Crippen LogP contribution is 2.33. The molecule has 1 unspecified atom stereocenters. The van der Waals surface area contributed by atoms with Gasteiger partial charge in [0.1, 0.15) is 6.04 Å². The highest BCUT2D eigenvalue weighted by molar-refractivity contribution is 6.27. The number of carboxylic acids is 2. The maximum Gasteiger partial charge on any atom is 0.414 e. The van der Waals surface area contributed by atoms with Gasteiger partial charge in [0.05, 0.1) is 5.54 Å². The Balaban J connectivity index is 0.000000612. The van der Waals surface area contributed by atoms with E-state index < -0.39 is 11.9 Å². The van der Waals surface area contributed by atoms with Gasteiger partial charge in [-0.25, -0.2) is 14.3 Å². The molecule has 3 aromatic rings. The lowest BCUT2D eigenvalue weighted by molar-refractivity contribution is -0.159. The molecule has 0 spiro atoms. The number of H-pyrrole nitrogens is 1. The van der Waals surface area contributed by atoms with Crippen LogP contribution in [0.4, 0.5) is 0 Å². The summed E-state index contributed by atoms with van der Waals surface area (Å²) in [5.74, 6) is -2.90. The van der Waals surface area contributed by atoms with Gasteiger partial charge < -0.3 is 15.2 Å². The molecule has 3 heterocycles. The van der Waals surface area contributed by atoms with Crippen molar-refractivity contribution in [1.29, 1.82) is 0 Å². The fraction of sp³-hybridized carbons (Fsp3) is 0.600.